The van der Waals surface area contributed by atoms with E-state index < -0.39 is 11.9 Å². The third kappa shape index (κ3) is 1.48. The molecule has 0 spiro atoms. The molecule has 0 saturated heterocycles. The molecule has 2 heterocycles. The summed E-state index contributed by atoms with van der Waals surface area (Å²) in [6, 6.07) is -0.472. The normalized spacial score (nSPS) is 29.7. The molecule has 0 fully saturated rings. The molecule has 0 radical (unpaired) electrons. The Morgan fingerprint density at radius 3 is 2.87 bits per heavy atom. The van der Waals surface area contributed by atoms with Crippen LogP contribution in [0.1, 0.15) is 6.92 Å². The van der Waals surface area contributed by atoms with Crippen molar-refractivity contribution < 1.29 is 9.59 Å². The van der Waals surface area contributed by atoms with E-state index in [1.54, 1.807) is 6.92 Å². The van der Waals surface area contributed by atoms with Crippen LogP contribution >= 0.6 is 11.8 Å². The van der Waals surface area contributed by atoms with Crippen LogP contribution in [0.15, 0.2) is 15.5 Å². The summed E-state index contributed by atoms with van der Waals surface area (Å²) in [6.07, 6.45) is 0. The number of urea groups is 1. The van der Waals surface area contributed by atoms with Gasteiger partial charge < -0.3 is 16.8 Å². The topological polar surface area (TPSA) is 111 Å². The van der Waals surface area contributed by atoms with Gasteiger partial charge in [0, 0.05) is 0 Å². The Bertz CT molecular complexity index is 415. The molecule has 0 saturated carbocycles. The smallest absolute Gasteiger partial charge is 0.343 e. The van der Waals surface area contributed by atoms with E-state index in [9.17, 15) is 9.59 Å². The molecule has 2 atom stereocenters. The lowest BCUT2D eigenvalue weighted by molar-refractivity contribution is -0.113. The van der Waals surface area contributed by atoms with Crippen molar-refractivity contribution in [3.05, 3.63) is 10.5 Å². The second-order valence-electron chi connectivity index (χ2n) is 3.38. The van der Waals surface area contributed by atoms with Gasteiger partial charge >= 0.3 is 6.03 Å². The highest BCUT2D eigenvalue weighted by atomic mass is 32.2. The van der Waals surface area contributed by atoms with Gasteiger partial charge in [-0.3, -0.25) is 4.79 Å². The van der Waals surface area contributed by atoms with E-state index in [0.717, 1.165) is 5.57 Å². The van der Waals surface area contributed by atoms with Crippen LogP contribution in [0.25, 0.3) is 0 Å². The van der Waals surface area contributed by atoms with Gasteiger partial charge in [-0.1, -0.05) is 11.8 Å². The minimum atomic E-state index is -0.492. The predicted octanol–water partition coefficient (Wildman–Crippen LogP) is -0.485. The van der Waals surface area contributed by atoms with Crippen LogP contribution in [0.4, 0.5) is 4.79 Å². The van der Waals surface area contributed by atoms with Crippen LogP contribution in [-0.4, -0.2) is 23.1 Å². The Morgan fingerprint density at radius 2 is 2.27 bits per heavy atom. The third-order valence-corrected chi connectivity index (χ3v) is 3.81. The highest BCUT2D eigenvalue weighted by molar-refractivity contribution is 8.04. The van der Waals surface area contributed by atoms with Gasteiger partial charge in [0.25, 0.3) is 5.91 Å². The van der Waals surface area contributed by atoms with Crippen molar-refractivity contribution >= 4 is 29.5 Å². The molecule has 2 aliphatic heterocycles. The number of hydrogen-bond donors (Lipinski definition) is 3. The highest BCUT2D eigenvalue weighted by Gasteiger charge is 2.41. The van der Waals surface area contributed by atoms with Gasteiger partial charge in [0.1, 0.15) is 5.84 Å². The molecule has 7 heteroatoms. The van der Waals surface area contributed by atoms with Gasteiger partial charge in [-0.25, -0.2) is 4.79 Å². The van der Waals surface area contributed by atoms with E-state index in [-0.39, 0.29) is 17.1 Å². The monoisotopic (exact) mass is 226 g/mol. The Balaban J connectivity index is 2.38. The second kappa shape index (κ2) is 3.27. The quantitative estimate of drug-likeness (QED) is 0.560. The molecule has 6 nitrogen and oxygen atoms in total. The lowest BCUT2D eigenvalue weighted by atomic mass is 9.98. The van der Waals surface area contributed by atoms with Crippen molar-refractivity contribution in [3.63, 3.8) is 0 Å². The first-order chi connectivity index (χ1) is 7.00. The maximum Gasteiger partial charge on any atom is 0.343 e. The molecular weight excluding hydrogens is 216 g/mol. The van der Waals surface area contributed by atoms with Crippen LogP contribution in [0.5, 0.6) is 0 Å². The van der Waals surface area contributed by atoms with Gasteiger partial charge in [-0.2, -0.15) is 4.99 Å². The number of amides is 3. The van der Waals surface area contributed by atoms with Crippen molar-refractivity contribution in [1.29, 1.82) is 0 Å². The first kappa shape index (κ1) is 10.0. The van der Waals surface area contributed by atoms with E-state index in [1.807, 2.05) is 0 Å². The summed E-state index contributed by atoms with van der Waals surface area (Å²) >= 11 is 1.23. The summed E-state index contributed by atoms with van der Waals surface area (Å²) in [5.74, 6) is -0.464. The number of nitrogens with zero attached hydrogens (tertiary/aromatic N) is 1. The number of carbonyl (C=O) groups excluding carboxylic acids is 2. The summed E-state index contributed by atoms with van der Waals surface area (Å²) in [5, 5.41) is 2.38. The number of hydrogen-bond acceptors (Lipinski definition) is 4. The Morgan fingerprint density at radius 1 is 1.60 bits per heavy atom. The van der Waals surface area contributed by atoms with E-state index >= 15 is 0 Å². The fourth-order valence-electron chi connectivity index (χ4n) is 1.74. The summed E-state index contributed by atoms with van der Waals surface area (Å²) in [5.41, 5.74) is 11.6. The lowest BCUT2D eigenvalue weighted by Crippen LogP contribution is -2.46. The number of aliphatic imine (C=N–C) groups is 1. The van der Waals surface area contributed by atoms with Crippen LogP contribution in [-0.2, 0) is 4.79 Å². The molecule has 80 valence electrons. The third-order valence-electron chi connectivity index (χ3n) is 2.41. The molecule has 2 aliphatic rings. The van der Waals surface area contributed by atoms with Gasteiger partial charge in [-0.05, 0) is 12.5 Å². The number of rotatable bonds is 1. The molecule has 15 heavy (non-hydrogen) atoms. The molecule has 2 rings (SSSR count). The zero-order valence-corrected chi connectivity index (χ0v) is 8.80. The van der Waals surface area contributed by atoms with Crippen LogP contribution in [0.3, 0.4) is 0 Å². The van der Waals surface area contributed by atoms with Gasteiger partial charge in [0.15, 0.2) is 0 Å². The SMILES string of the molecule is CC1=C(C(N)=O)SC2NC(=O)N=C(N)C12. The van der Waals surface area contributed by atoms with Crippen molar-refractivity contribution in [2.24, 2.45) is 22.4 Å². The standard InChI is InChI=1S/C8H10N4O2S/c1-2-3-5(9)11-8(14)12-7(3)15-4(2)6(10)13/h3,7H,1H3,(H2,10,13)(H3,9,11,12,14). The lowest BCUT2D eigenvalue weighted by Gasteiger charge is -2.24. The fraction of sp³-hybridized carbons (Fsp3) is 0.375. The first-order valence-corrected chi connectivity index (χ1v) is 5.20. The fourth-order valence-corrected chi connectivity index (χ4v) is 3.06. The summed E-state index contributed by atoms with van der Waals surface area (Å²) in [6.45, 7) is 1.78. The largest absolute Gasteiger partial charge is 0.386 e. The molecule has 0 aromatic rings. The van der Waals surface area contributed by atoms with Crippen molar-refractivity contribution in [2.75, 3.05) is 0 Å². The zero-order valence-electron chi connectivity index (χ0n) is 7.98. The Kier molecular flexibility index (Phi) is 2.18. The average Bonchev–Trinajstić information content (AvgIpc) is 2.42. The van der Waals surface area contributed by atoms with Crippen molar-refractivity contribution in [2.45, 2.75) is 12.3 Å². The molecule has 3 amide bonds. The number of nitrogens with two attached hydrogens (primary N) is 2. The summed E-state index contributed by atoms with van der Waals surface area (Å²) < 4.78 is 0. The summed E-state index contributed by atoms with van der Waals surface area (Å²) in [4.78, 5) is 26.2. The van der Waals surface area contributed by atoms with E-state index in [0.29, 0.717) is 4.91 Å². The van der Waals surface area contributed by atoms with Crippen molar-refractivity contribution in [1.82, 2.24) is 5.32 Å². The number of primary amides is 1. The number of thioether (sulfide) groups is 1. The van der Waals surface area contributed by atoms with Gasteiger partial charge in [0.2, 0.25) is 0 Å². The molecule has 0 aromatic heterocycles. The molecule has 0 aliphatic carbocycles. The maximum atomic E-state index is 11.1. The summed E-state index contributed by atoms with van der Waals surface area (Å²) in [7, 11) is 0. The minimum Gasteiger partial charge on any atom is -0.386 e. The number of carbonyl (C=O) groups is 2. The Hall–Kier alpha value is -1.50. The molecular formula is C8H10N4O2S. The van der Waals surface area contributed by atoms with Gasteiger partial charge in [0.05, 0.1) is 16.2 Å². The average molecular weight is 226 g/mol. The highest BCUT2D eigenvalue weighted by Crippen LogP contribution is 2.41. The zero-order chi connectivity index (χ0) is 11.2. The maximum absolute atomic E-state index is 11.1. The van der Waals surface area contributed by atoms with Crippen LogP contribution in [0, 0.1) is 5.92 Å². The van der Waals surface area contributed by atoms with Crippen LogP contribution in [0.2, 0.25) is 0 Å². The molecule has 0 aromatic carbocycles. The van der Waals surface area contributed by atoms with E-state index in [1.165, 1.54) is 11.8 Å². The molecule has 2 unspecified atom stereocenters. The first-order valence-electron chi connectivity index (χ1n) is 4.32. The predicted molar refractivity (Wildman–Crippen MR) is 56.9 cm³/mol. The second-order valence-corrected chi connectivity index (χ2v) is 4.53. The van der Waals surface area contributed by atoms with Crippen molar-refractivity contribution in [3.8, 4) is 0 Å². The molecule has 5 N–H and O–H groups in total. The van der Waals surface area contributed by atoms with Gasteiger partial charge in [-0.15, -0.1) is 0 Å². The number of fused-ring (bicyclic) bond motifs is 1. The number of amidine groups is 1. The van der Waals surface area contributed by atoms with E-state index in [2.05, 4.69) is 10.3 Å². The van der Waals surface area contributed by atoms with E-state index in [4.69, 9.17) is 11.5 Å². The molecule has 0 bridgehead atoms. The number of nitrogens with one attached hydrogen (secondary N) is 1. The van der Waals surface area contributed by atoms with Crippen LogP contribution < -0.4 is 16.8 Å². The minimum absolute atomic E-state index is 0.213. The Labute approximate surface area is 90.2 Å².